The van der Waals surface area contributed by atoms with Gasteiger partial charge >= 0.3 is 6.18 Å². The van der Waals surface area contributed by atoms with Crippen LogP contribution in [0.3, 0.4) is 0 Å². The summed E-state index contributed by atoms with van der Waals surface area (Å²) in [6.45, 7) is -1.11. The Hall–Kier alpha value is -2.04. The van der Waals surface area contributed by atoms with Gasteiger partial charge in [0.15, 0.2) is 12.6 Å². The van der Waals surface area contributed by atoms with Gasteiger partial charge in [0.2, 0.25) is 5.88 Å². The summed E-state index contributed by atoms with van der Waals surface area (Å²) in [5.74, 6) is 0.180. The fraction of sp³-hybridized carbons (Fsp3) is 0.333. The molecule has 0 saturated carbocycles. The van der Waals surface area contributed by atoms with Crippen LogP contribution in [0, 0.1) is 0 Å². The number of nitrogens with zero attached hydrogens (tertiary/aromatic N) is 2. The second-order valence-corrected chi connectivity index (χ2v) is 6.07. The van der Waals surface area contributed by atoms with E-state index in [0.29, 0.717) is 5.56 Å². The molecule has 0 radical (unpaired) electrons. The largest absolute Gasteiger partial charge is 0.468 e. The summed E-state index contributed by atoms with van der Waals surface area (Å²) in [7, 11) is 0. The van der Waals surface area contributed by atoms with Crippen LogP contribution in [-0.2, 0) is 19.4 Å². The highest BCUT2D eigenvalue weighted by Gasteiger charge is 2.28. The predicted molar refractivity (Wildman–Crippen MR) is 109 cm³/mol. The number of hydrogen-bond donors (Lipinski definition) is 2. The molecule has 0 fully saturated rings. The van der Waals surface area contributed by atoms with Crippen molar-refractivity contribution in [3.8, 4) is 5.88 Å². The molecule has 1 aromatic carbocycles. The van der Waals surface area contributed by atoms with Crippen LogP contribution < -0.4 is 15.8 Å². The number of pyridine rings is 1. The average molecular weight is 492 g/mol. The van der Waals surface area contributed by atoms with E-state index in [-0.39, 0.29) is 42.4 Å². The third-order valence-electron chi connectivity index (χ3n) is 3.98. The van der Waals surface area contributed by atoms with Crippen LogP contribution in [0.1, 0.15) is 23.1 Å². The molecule has 1 heterocycles. The molecule has 0 spiro atoms. The molecular formula is C18H20F3IN4O. The molecule has 0 unspecified atom stereocenters. The molecule has 0 saturated heterocycles. The second-order valence-electron chi connectivity index (χ2n) is 6.07. The SMILES string of the molecule is I.NC(=NCc1ccc(OCC(F)(F)F)nc1)Nc1ccc2c(c1)CCC2. The number of hydrogen-bond acceptors (Lipinski definition) is 3. The van der Waals surface area contributed by atoms with Gasteiger partial charge in [-0.25, -0.2) is 9.98 Å². The number of nitrogens with two attached hydrogens (primary N) is 1. The third kappa shape index (κ3) is 6.56. The van der Waals surface area contributed by atoms with Gasteiger partial charge in [0.05, 0.1) is 6.54 Å². The lowest BCUT2D eigenvalue weighted by molar-refractivity contribution is -0.154. The highest BCUT2D eigenvalue weighted by Crippen LogP contribution is 2.24. The number of nitrogens with one attached hydrogen (secondary N) is 1. The number of ether oxygens (including phenoxy) is 1. The Balaban J connectivity index is 0.00000261. The number of aliphatic imine (C=N–C) groups is 1. The van der Waals surface area contributed by atoms with Crippen LogP contribution >= 0.6 is 24.0 Å². The standard InChI is InChI=1S/C18H19F3N4O.HI/c19-18(20,21)11-26-16-7-4-12(9-23-16)10-24-17(22)25-15-6-5-13-2-1-3-14(13)8-15;/h4-9H,1-3,10-11H2,(H3,22,24,25);1H. The molecule has 0 atom stereocenters. The molecule has 27 heavy (non-hydrogen) atoms. The molecule has 0 bridgehead atoms. The molecule has 1 aliphatic rings. The zero-order chi connectivity index (χ0) is 18.6. The van der Waals surface area contributed by atoms with E-state index in [0.717, 1.165) is 18.5 Å². The van der Waals surface area contributed by atoms with Crippen molar-refractivity contribution >= 4 is 35.6 Å². The summed E-state index contributed by atoms with van der Waals surface area (Å²) in [6.07, 6.45) is 0.406. The van der Waals surface area contributed by atoms with Gasteiger partial charge < -0.3 is 15.8 Å². The maximum atomic E-state index is 12.1. The first-order valence-corrected chi connectivity index (χ1v) is 8.22. The van der Waals surface area contributed by atoms with Gasteiger partial charge in [-0.15, -0.1) is 24.0 Å². The molecule has 9 heteroatoms. The fourth-order valence-corrected chi connectivity index (χ4v) is 2.76. The van der Waals surface area contributed by atoms with Gasteiger partial charge in [-0.05, 0) is 48.1 Å². The van der Waals surface area contributed by atoms with E-state index >= 15 is 0 Å². The molecule has 3 rings (SSSR count). The van der Waals surface area contributed by atoms with Crippen molar-refractivity contribution in [3.63, 3.8) is 0 Å². The average Bonchev–Trinajstić information content (AvgIpc) is 3.06. The van der Waals surface area contributed by atoms with E-state index in [4.69, 9.17) is 5.73 Å². The minimum atomic E-state index is -4.39. The Bertz CT molecular complexity index is 794. The Kier molecular flexibility index (Phi) is 7.28. The monoisotopic (exact) mass is 492 g/mol. The van der Waals surface area contributed by atoms with E-state index in [1.165, 1.54) is 29.8 Å². The number of anilines is 1. The number of rotatable bonds is 5. The molecule has 2 aromatic rings. The van der Waals surface area contributed by atoms with Crippen LogP contribution in [0.5, 0.6) is 5.88 Å². The van der Waals surface area contributed by atoms with Gasteiger partial charge in [0.25, 0.3) is 0 Å². The highest BCUT2D eigenvalue weighted by atomic mass is 127. The number of alkyl halides is 3. The summed E-state index contributed by atoms with van der Waals surface area (Å²) in [4.78, 5) is 8.05. The minimum Gasteiger partial charge on any atom is -0.468 e. The lowest BCUT2D eigenvalue weighted by Crippen LogP contribution is -2.22. The number of benzene rings is 1. The Morgan fingerprint density at radius 2 is 1.96 bits per heavy atom. The zero-order valence-corrected chi connectivity index (χ0v) is 16.8. The number of fused-ring (bicyclic) bond motifs is 1. The predicted octanol–water partition coefficient (Wildman–Crippen LogP) is 4.06. The Labute approximate surface area is 172 Å². The maximum absolute atomic E-state index is 12.1. The van der Waals surface area contributed by atoms with E-state index < -0.39 is 12.8 Å². The van der Waals surface area contributed by atoms with Crippen LogP contribution in [0.25, 0.3) is 0 Å². The quantitative estimate of drug-likeness (QED) is 0.376. The van der Waals surface area contributed by atoms with Gasteiger partial charge in [0.1, 0.15) is 0 Å². The van der Waals surface area contributed by atoms with E-state index in [1.54, 1.807) is 6.07 Å². The molecule has 1 aliphatic carbocycles. The lowest BCUT2D eigenvalue weighted by atomic mass is 10.1. The molecule has 0 amide bonds. The topological polar surface area (TPSA) is 72.5 Å². The molecule has 3 N–H and O–H groups in total. The van der Waals surface area contributed by atoms with Crippen molar-refractivity contribution in [1.29, 1.82) is 0 Å². The summed E-state index contributed by atoms with van der Waals surface area (Å²) < 4.78 is 40.8. The number of halogens is 4. The van der Waals surface area contributed by atoms with Gasteiger partial charge in [-0.1, -0.05) is 12.1 Å². The smallest absolute Gasteiger partial charge is 0.422 e. The highest BCUT2D eigenvalue weighted by molar-refractivity contribution is 14.0. The van der Waals surface area contributed by atoms with E-state index in [9.17, 15) is 13.2 Å². The summed E-state index contributed by atoms with van der Waals surface area (Å²) in [6, 6.07) is 9.13. The summed E-state index contributed by atoms with van der Waals surface area (Å²) in [5, 5.41) is 3.05. The molecule has 0 aliphatic heterocycles. The van der Waals surface area contributed by atoms with Crippen LogP contribution in [0.4, 0.5) is 18.9 Å². The molecule has 146 valence electrons. The minimum absolute atomic E-state index is 0. The summed E-state index contributed by atoms with van der Waals surface area (Å²) in [5.41, 5.74) is 10.2. The Morgan fingerprint density at radius 3 is 2.67 bits per heavy atom. The van der Waals surface area contributed by atoms with Crippen molar-refractivity contribution in [2.24, 2.45) is 10.7 Å². The second kappa shape index (κ2) is 9.25. The normalized spacial score (nSPS) is 13.7. The summed E-state index contributed by atoms with van der Waals surface area (Å²) >= 11 is 0. The number of aryl methyl sites for hydroxylation is 2. The molecular weight excluding hydrogens is 472 g/mol. The van der Waals surface area contributed by atoms with Gasteiger partial charge in [-0.3, -0.25) is 0 Å². The first kappa shape index (κ1) is 21.3. The van der Waals surface area contributed by atoms with E-state index in [1.807, 2.05) is 6.07 Å². The molecule has 1 aromatic heterocycles. The van der Waals surface area contributed by atoms with E-state index in [2.05, 4.69) is 32.2 Å². The lowest BCUT2D eigenvalue weighted by Gasteiger charge is -2.09. The number of aromatic nitrogens is 1. The van der Waals surface area contributed by atoms with Gasteiger partial charge in [-0.2, -0.15) is 13.2 Å². The van der Waals surface area contributed by atoms with Crippen molar-refractivity contribution in [2.75, 3.05) is 11.9 Å². The van der Waals surface area contributed by atoms with Crippen molar-refractivity contribution in [3.05, 3.63) is 53.2 Å². The Morgan fingerprint density at radius 1 is 1.19 bits per heavy atom. The van der Waals surface area contributed by atoms with Gasteiger partial charge in [0, 0.05) is 18.0 Å². The van der Waals surface area contributed by atoms with Crippen LogP contribution in [0.2, 0.25) is 0 Å². The van der Waals surface area contributed by atoms with Crippen LogP contribution in [0.15, 0.2) is 41.5 Å². The van der Waals surface area contributed by atoms with Crippen LogP contribution in [-0.4, -0.2) is 23.7 Å². The fourth-order valence-electron chi connectivity index (χ4n) is 2.76. The number of guanidine groups is 1. The van der Waals surface area contributed by atoms with Crippen molar-refractivity contribution in [1.82, 2.24) is 4.98 Å². The van der Waals surface area contributed by atoms with Crippen molar-refractivity contribution < 1.29 is 17.9 Å². The molecule has 5 nitrogen and oxygen atoms in total. The first-order chi connectivity index (χ1) is 12.4. The van der Waals surface area contributed by atoms with Crippen molar-refractivity contribution in [2.45, 2.75) is 32.0 Å². The first-order valence-electron chi connectivity index (χ1n) is 8.22. The maximum Gasteiger partial charge on any atom is 0.422 e. The zero-order valence-electron chi connectivity index (χ0n) is 14.4. The third-order valence-corrected chi connectivity index (χ3v) is 3.98.